The van der Waals surface area contributed by atoms with Gasteiger partial charge in [0.05, 0.1) is 4.90 Å². The molecule has 0 saturated heterocycles. The second kappa shape index (κ2) is 11.7. The number of aromatic nitrogens is 1. The van der Waals surface area contributed by atoms with Gasteiger partial charge in [-0.05, 0) is 42.5 Å². The number of pyridine rings is 1. The third kappa shape index (κ3) is 8.07. The molecule has 0 fully saturated rings. The van der Waals surface area contributed by atoms with Crippen molar-refractivity contribution in [2.24, 2.45) is 0 Å². The first-order valence-corrected chi connectivity index (χ1v) is 10.1. The molecule has 1 unspecified atom stereocenters. The highest BCUT2D eigenvalue weighted by molar-refractivity contribution is 7.89. The number of sulfonamides is 1. The van der Waals surface area contributed by atoms with Crippen LogP contribution in [0, 0.1) is 0 Å². The van der Waals surface area contributed by atoms with Gasteiger partial charge in [-0.15, -0.1) is 12.4 Å². The van der Waals surface area contributed by atoms with E-state index in [4.69, 9.17) is 5.11 Å². The maximum atomic E-state index is 12.4. The normalized spacial score (nSPS) is 12.1. The minimum atomic E-state index is -3.56. The van der Waals surface area contributed by atoms with Gasteiger partial charge in [-0.1, -0.05) is 37.1 Å². The van der Waals surface area contributed by atoms with Crippen LogP contribution in [0.15, 0.2) is 59.8 Å². The van der Waals surface area contributed by atoms with Crippen molar-refractivity contribution in [1.82, 2.24) is 9.71 Å². The van der Waals surface area contributed by atoms with E-state index in [9.17, 15) is 13.2 Å². The topological polar surface area (TPSA) is 96.4 Å². The summed E-state index contributed by atoms with van der Waals surface area (Å²) in [5.74, 6) is -0.795. The Morgan fingerprint density at radius 2 is 1.81 bits per heavy atom. The van der Waals surface area contributed by atoms with Crippen LogP contribution in [0.4, 0.5) is 0 Å². The summed E-state index contributed by atoms with van der Waals surface area (Å²) in [4.78, 5) is 14.9. The molecule has 0 aliphatic rings. The van der Waals surface area contributed by atoms with E-state index in [-0.39, 0.29) is 36.2 Å². The molecular weight excluding hydrogens is 388 g/mol. The van der Waals surface area contributed by atoms with Gasteiger partial charge >= 0.3 is 5.97 Å². The molecule has 2 N–H and O–H groups in total. The fourth-order valence-electron chi connectivity index (χ4n) is 2.74. The van der Waals surface area contributed by atoms with Gasteiger partial charge in [0.15, 0.2) is 0 Å². The molecule has 6 nitrogen and oxygen atoms in total. The Bertz CT molecular complexity index is 786. The fraction of sp³-hybridized carbons (Fsp3) is 0.368. The van der Waals surface area contributed by atoms with E-state index >= 15 is 0 Å². The number of halogens is 1. The molecular formula is C19H25ClN2O4S. The van der Waals surface area contributed by atoms with Crippen molar-refractivity contribution in [3.05, 3.63) is 60.4 Å². The van der Waals surface area contributed by atoms with Gasteiger partial charge in [0, 0.05) is 25.4 Å². The van der Waals surface area contributed by atoms with Crippen LogP contribution in [0.5, 0.6) is 0 Å². The lowest BCUT2D eigenvalue weighted by atomic mass is 9.94. The van der Waals surface area contributed by atoms with Crippen molar-refractivity contribution < 1.29 is 18.3 Å². The lowest BCUT2D eigenvalue weighted by Crippen LogP contribution is -2.28. The number of carboxylic acid groups (broad SMARTS) is 1. The number of benzene rings is 1. The monoisotopic (exact) mass is 412 g/mol. The molecule has 27 heavy (non-hydrogen) atoms. The van der Waals surface area contributed by atoms with Crippen LogP contribution in [0.1, 0.15) is 43.6 Å². The predicted octanol–water partition coefficient (Wildman–Crippen LogP) is 3.60. The standard InChI is InChI=1S/C19H24N2O4S.ClH/c22-19(23)12-6-1-3-8-17(16-9-7-13-20-14-16)15-21-26(24,25)18-10-4-2-5-11-18;/h2,4-5,7,9-11,13-14,17,21H,1,3,6,8,12,15H2,(H,22,23);1H. The van der Waals surface area contributed by atoms with Crippen LogP contribution < -0.4 is 4.72 Å². The smallest absolute Gasteiger partial charge is 0.303 e. The maximum Gasteiger partial charge on any atom is 0.303 e. The Balaban J connectivity index is 0.00000364. The summed E-state index contributed by atoms with van der Waals surface area (Å²) in [6.07, 6.45) is 6.63. The Labute approximate surface area is 166 Å². The fourth-order valence-corrected chi connectivity index (χ4v) is 3.84. The van der Waals surface area contributed by atoms with Crippen LogP contribution >= 0.6 is 12.4 Å². The average Bonchev–Trinajstić information content (AvgIpc) is 2.65. The van der Waals surface area contributed by atoms with Crippen molar-refractivity contribution in [3.63, 3.8) is 0 Å². The number of nitrogens with zero attached hydrogens (tertiary/aromatic N) is 1. The van der Waals surface area contributed by atoms with E-state index in [2.05, 4.69) is 9.71 Å². The molecule has 0 spiro atoms. The summed E-state index contributed by atoms with van der Waals surface area (Å²) in [7, 11) is -3.56. The van der Waals surface area contributed by atoms with Crippen LogP contribution in [0.3, 0.4) is 0 Å². The first kappa shape index (κ1) is 23.1. The summed E-state index contributed by atoms with van der Waals surface area (Å²) in [6.45, 7) is 0.280. The van der Waals surface area contributed by atoms with Crippen LogP contribution in [-0.2, 0) is 14.8 Å². The first-order chi connectivity index (χ1) is 12.5. The number of nitrogens with one attached hydrogen (secondary N) is 1. The van der Waals surface area contributed by atoms with Crippen molar-refractivity contribution in [2.75, 3.05) is 6.54 Å². The molecule has 8 heteroatoms. The van der Waals surface area contributed by atoms with Gasteiger partial charge in [0.2, 0.25) is 10.0 Å². The van der Waals surface area contributed by atoms with Gasteiger partial charge in [0.25, 0.3) is 0 Å². The van der Waals surface area contributed by atoms with Crippen molar-refractivity contribution >= 4 is 28.4 Å². The van der Waals surface area contributed by atoms with Gasteiger partial charge in [0.1, 0.15) is 0 Å². The zero-order valence-electron chi connectivity index (χ0n) is 15.0. The molecule has 2 aromatic rings. The highest BCUT2D eigenvalue weighted by Crippen LogP contribution is 2.22. The third-order valence-corrected chi connectivity index (χ3v) is 5.61. The second-order valence-corrected chi connectivity index (χ2v) is 7.91. The van der Waals surface area contributed by atoms with E-state index < -0.39 is 16.0 Å². The Morgan fingerprint density at radius 1 is 1.07 bits per heavy atom. The number of unbranched alkanes of at least 4 members (excludes halogenated alkanes) is 2. The van der Waals surface area contributed by atoms with Crippen LogP contribution in [0.2, 0.25) is 0 Å². The van der Waals surface area contributed by atoms with E-state index in [1.807, 2.05) is 12.1 Å². The van der Waals surface area contributed by atoms with E-state index in [1.54, 1.807) is 42.7 Å². The molecule has 1 aromatic heterocycles. The SMILES string of the molecule is Cl.O=C(O)CCCCCC(CNS(=O)(=O)c1ccccc1)c1cccnc1. The number of carbonyl (C=O) groups is 1. The largest absolute Gasteiger partial charge is 0.481 e. The van der Waals surface area contributed by atoms with Gasteiger partial charge in [-0.25, -0.2) is 13.1 Å². The average molecular weight is 413 g/mol. The van der Waals surface area contributed by atoms with Crippen molar-refractivity contribution in [2.45, 2.75) is 42.9 Å². The van der Waals surface area contributed by atoms with Gasteiger partial charge in [-0.3, -0.25) is 9.78 Å². The molecule has 148 valence electrons. The minimum Gasteiger partial charge on any atom is -0.481 e. The van der Waals surface area contributed by atoms with Crippen molar-refractivity contribution in [1.29, 1.82) is 0 Å². The molecule has 0 saturated carbocycles. The first-order valence-electron chi connectivity index (χ1n) is 8.65. The lowest BCUT2D eigenvalue weighted by Gasteiger charge is -2.18. The molecule has 0 aliphatic carbocycles. The molecule has 0 radical (unpaired) electrons. The van der Waals surface area contributed by atoms with Gasteiger partial charge in [-0.2, -0.15) is 0 Å². The number of hydrogen-bond acceptors (Lipinski definition) is 4. The Kier molecular flexibility index (Phi) is 9.99. The van der Waals surface area contributed by atoms with E-state index in [0.717, 1.165) is 24.8 Å². The molecule has 1 aromatic carbocycles. The Morgan fingerprint density at radius 3 is 2.44 bits per heavy atom. The molecule has 1 heterocycles. The van der Waals surface area contributed by atoms with Gasteiger partial charge < -0.3 is 5.11 Å². The summed E-state index contributed by atoms with van der Waals surface area (Å²) in [5, 5.41) is 8.70. The molecule has 0 aliphatic heterocycles. The van der Waals surface area contributed by atoms with Crippen molar-refractivity contribution in [3.8, 4) is 0 Å². The highest BCUT2D eigenvalue weighted by atomic mass is 35.5. The lowest BCUT2D eigenvalue weighted by molar-refractivity contribution is -0.137. The quantitative estimate of drug-likeness (QED) is 0.549. The number of carboxylic acids is 1. The third-order valence-electron chi connectivity index (χ3n) is 4.17. The molecule has 0 bridgehead atoms. The zero-order valence-corrected chi connectivity index (χ0v) is 16.6. The second-order valence-electron chi connectivity index (χ2n) is 6.14. The maximum absolute atomic E-state index is 12.4. The molecule has 2 rings (SSSR count). The number of aliphatic carboxylic acids is 1. The van der Waals surface area contributed by atoms with Crippen LogP contribution in [0.25, 0.3) is 0 Å². The van der Waals surface area contributed by atoms with Crippen LogP contribution in [-0.4, -0.2) is 31.0 Å². The summed E-state index contributed by atoms with van der Waals surface area (Å²) in [5.41, 5.74) is 0.974. The highest BCUT2D eigenvalue weighted by Gasteiger charge is 2.18. The number of hydrogen-bond donors (Lipinski definition) is 2. The zero-order chi connectivity index (χ0) is 18.8. The summed E-state index contributed by atoms with van der Waals surface area (Å²) in [6, 6.07) is 12.0. The molecule has 1 atom stereocenters. The molecule has 0 amide bonds. The Hall–Kier alpha value is -1.96. The predicted molar refractivity (Wildman–Crippen MR) is 107 cm³/mol. The minimum absolute atomic E-state index is 0. The van der Waals surface area contributed by atoms with E-state index in [0.29, 0.717) is 6.42 Å². The number of rotatable bonds is 11. The summed E-state index contributed by atoms with van der Waals surface area (Å²) < 4.78 is 27.5. The van der Waals surface area contributed by atoms with E-state index in [1.165, 1.54) is 0 Å². The summed E-state index contributed by atoms with van der Waals surface area (Å²) >= 11 is 0.